The number of ether oxygens (including phenoxy) is 2. The summed E-state index contributed by atoms with van der Waals surface area (Å²) in [6, 6.07) is 4.98. The molecule has 1 aliphatic rings. The molecule has 0 aliphatic carbocycles. The third-order valence-electron chi connectivity index (χ3n) is 2.31. The molecule has 1 N–H and O–H groups in total. The zero-order chi connectivity index (χ0) is 11.5. The van der Waals surface area contributed by atoms with Crippen molar-refractivity contribution in [2.24, 2.45) is 0 Å². The lowest BCUT2D eigenvalue weighted by molar-refractivity contribution is 0.0695. The molecule has 0 amide bonds. The number of hydrogen-bond donors (Lipinski definition) is 1. The molecule has 2 rings (SSSR count). The van der Waals surface area contributed by atoms with E-state index >= 15 is 0 Å². The van der Waals surface area contributed by atoms with Crippen LogP contribution >= 0.6 is 22.6 Å². The Hall–Kier alpha value is -0.820. The highest BCUT2D eigenvalue weighted by atomic mass is 127. The second kappa shape index (κ2) is 5.01. The third-order valence-corrected chi connectivity index (χ3v) is 2.93. The normalized spacial score (nSPS) is 19.7. The summed E-state index contributed by atoms with van der Waals surface area (Å²) >= 11 is 2.08. The summed E-state index contributed by atoms with van der Waals surface area (Å²) in [4.78, 5) is 10.9. The average Bonchev–Trinajstić information content (AvgIpc) is 2.69. The number of rotatable bonds is 3. The summed E-state index contributed by atoms with van der Waals surface area (Å²) in [5, 5.41) is 8.91. The molecule has 1 saturated heterocycles. The first-order valence-electron chi connectivity index (χ1n) is 4.93. The second-order valence-corrected chi connectivity index (χ2v) is 4.83. The molecule has 1 unspecified atom stereocenters. The van der Waals surface area contributed by atoms with Crippen LogP contribution in [0.4, 0.5) is 0 Å². The van der Waals surface area contributed by atoms with Crippen molar-refractivity contribution in [2.45, 2.75) is 12.5 Å². The summed E-state index contributed by atoms with van der Waals surface area (Å²) in [6.45, 7) is 1.29. The number of halogens is 1. The van der Waals surface area contributed by atoms with E-state index in [4.69, 9.17) is 14.6 Å². The topological polar surface area (TPSA) is 55.8 Å². The van der Waals surface area contributed by atoms with Gasteiger partial charge in [0.2, 0.25) is 0 Å². The van der Waals surface area contributed by atoms with Gasteiger partial charge in [-0.05, 0) is 40.8 Å². The van der Waals surface area contributed by atoms with Crippen molar-refractivity contribution in [3.05, 3.63) is 27.3 Å². The number of carboxylic acid groups (broad SMARTS) is 1. The molecular weight excluding hydrogens is 323 g/mol. The molecule has 0 spiro atoms. The molecular formula is C11H11IO4. The number of hydrogen-bond acceptors (Lipinski definition) is 3. The van der Waals surface area contributed by atoms with Crippen molar-refractivity contribution < 1.29 is 19.4 Å². The number of carboxylic acids is 1. The van der Waals surface area contributed by atoms with Crippen LogP contribution in [0.2, 0.25) is 0 Å². The minimum atomic E-state index is -0.939. The Kier molecular flexibility index (Phi) is 3.65. The number of benzene rings is 1. The average molecular weight is 334 g/mol. The Labute approximate surface area is 107 Å². The van der Waals surface area contributed by atoms with Gasteiger partial charge in [-0.2, -0.15) is 0 Å². The highest BCUT2D eigenvalue weighted by molar-refractivity contribution is 14.1. The first-order chi connectivity index (χ1) is 7.65. The van der Waals surface area contributed by atoms with Gasteiger partial charge < -0.3 is 14.6 Å². The molecule has 0 bridgehead atoms. The van der Waals surface area contributed by atoms with E-state index in [1.54, 1.807) is 12.1 Å². The van der Waals surface area contributed by atoms with Crippen LogP contribution in [0.25, 0.3) is 0 Å². The largest absolute Gasteiger partial charge is 0.488 e. The van der Waals surface area contributed by atoms with E-state index in [-0.39, 0.29) is 11.7 Å². The Morgan fingerprint density at radius 1 is 1.50 bits per heavy atom. The van der Waals surface area contributed by atoms with Gasteiger partial charge in [0.25, 0.3) is 0 Å². The summed E-state index contributed by atoms with van der Waals surface area (Å²) in [5.74, 6) is -0.342. The van der Waals surface area contributed by atoms with Crippen LogP contribution in [0.5, 0.6) is 5.75 Å². The van der Waals surface area contributed by atoms with E-state index in [1.165, 1.54) is 0 Å². The molecule has 1 aromatic rings. The Balaban J connectivity index is 2.16. The van der Waals surface area contributed by atoms with E-state index in [1.807, 2.05) is 6.07 Å². The zero-order valence-corrected chi connectivity index (χ0v) is 10.6. The maximum atomic E-state index is 10.9. The van der Waals surface area contributed by atoms with Crippen molar-refractivity contribution in [3.63, 3.8) is 0 Å². The number of carbonyl (C=O) groups is 1. The van der Waals surface area contributed by atoms with Gasteiger partial charge in [-0.3, -0.25) is 0 Å². The molecule has 0 saturated carbocycles. The Morgan fingerprint density at radius 2 is 2.31 bits per heavy atom. The van der Waals surface area contributed by atoms with E-state index in [0.717, 1.165) is 9.99 Å². The van der Waals surface area contributed by atoms with Gasteiger partial charge in [-0.25, -0.2) is 4.79 Å². The van der Waals surface area contributed by atoms with Gasteiger partial charge in [0, 0.05) is 9.99 Å². The molecule has 1 aliphatic heterocycles. The molecule has 4 nitrogen and oxygen atoms in total. The van der Waals surface area contributed by atoms with Crippen molar-refractivity contribution in [3.8, 4) is 5.75 Å². The van der Waals surface area contributed by atoms with Gasteiger partial charge in [-0.15, -0.1) is 0 Å². The van der Waals surface area contributed by atoms with Crippen LogP contribution in [-0.4, -0.2) is 30.4 Å². The van der Waals surface area contributed by atoms with Crippen molar-refractivity contribution in [2.75, 3.05) is 13.2 Å². The molecule has 5 heteroatoms. The quantitative estimate of drug-likeness (QED) is 0.861. The van der Waals surface area contributed by atoms with Crippen molar-refractivity contribution in [1.29, 1.82) is 0 Å². The molecule has 0 aromatic heterocycles. The van der Waals surface area contributed by atoms with Crippen LogP contribution in [-0.2, 0) is 4.74 Å². The van der Waals surface area contributed by atoms with Gasteiger partial charge in [0.1, 0.15) is 11.9 Å². The minimum absolute atomic E-state index is 0.0415. The first-order valence-corrected chi connectivity index (χ1v) is 6.01. The zero-order valence-electron chi connectivity index (χ0n) is 8.48. The Morgan fingerprint density at radius 3 is 2.94 bits per heavy atom. The SMILES string of the molecule is O=C(O)c1cc(I)cc(OC2CCOC2)c1. The highest BCUT2D eigenvalue weighted by Gasteiger charge is 2.18. The maximum absolute atomic E-state index is 10.9. The third kappa shape index (κ3) is 2.85. The fourth-order valence-corrected chi connectivity index (χ4v) is 2.19. The molecule has 1 aromatic carbocycles. The first kappa shape index (κ1) is 11.7. The maximum Gasteiger partial charge on any atom is 0.335 e. The van der Waals surface area contributed by atoms with Gasteiger partial charge in [0.05, 0.1) is 18.8 Å². The van der Waals surface area contributed by atoms with Gasteiger partial charge in [-0.1, -0.05) is 0 Å². The Bertz CT molecular complexity index is 399. The summed E-state index contributed by atoms with van der Waals surface area (Å²) < 4.78 is 11.7. The predicted octanol–water partition coefficient (Wildman–Crippen LogP) is 2.16. The van der Waals surface area contributed by atoms with E-state index in [9.17, 15) is 4.79 Å². The van der Waals surface area contributed by atoms with Crippen molar-refractivity contribution >= 4 is 28.6 Å². The van der Waals surface area contributed by atoms with Crippen LogP contribution in [0.1, 0.15) is 16.8 Å². The standard InChI is InChI=1S/C11H11IO4/c12-8-3-7(11(13)14)4-10(5-8)16-9-1-2-15-6-9/h3-5,9H,1-2,6H2,(H,13,14). The lowest BCUT2D eigenvalue weighted by atomic mass is 10.2. The van der Waals surface area contributed by atoms with E-state index < -0.39 is 5.97 Å². The van der Waals surface area contributed by atoms with E-state index in [2.05, 4.69) is 22.6 Å². The minimum Gasteiger partial charge on any atom is -0.488 e. The summed E-state index contributed by atoms with van der Waals surface area (Å²) in [6.07, 6.45) is 0.897. The van der Waals surface area contributed by atoms with Crippen LogP contribution in [0.15, 0.2) is 18.2 Å². The monoisotopic (exact) mass is 334 g/mol. The fraction of sp³-hybridized carbons (Fsp3) is 0.364. The van der Waals surface area contributed by atoms with Crippen LogP contribution < -0.4 is 4.74 Å². The van der Waals surface area contributed by atoms with Gasteiger partial charge >= 0.3 is 5.97 Å². The molecule has 86 valence electrons. The summed E-state index contributed by atoms with van der Waals surface area (Å²) in [7, 11) is 0. The lowest BCUT2D eigenvalue weighted by Crippen LogP contribution is -2.16. The fourth-order valence-electron chi connectivity index (χ4n) is 1.55. The molecule has 1 heterocycles. The second-order valence-electron chi connectivity index (χ2n) is 3.58. The lowest BCUT2D eigenvalue weighted by Gasteiger charge is -2.12. The molecule has 1 fully saturated rings. The smallest absolute Gasteiger partial charge is 0.335 e. The van der Waals surface area contributed by atoms with Crippen LogP contribution in [0.3, 0.4) is 0 Å². The van der Waals surface area contributed by atoms with E-state index in [0.29, 0.717) is 19.0 Å². The van der Waals surface area contributed by atoms with Crippen LogP contribution in [0, 0.1) is 3.57 Å². The molecule has 0 radical (unpaired) electrons. The highest BCUT2D eigenvalue weighted by Crippen LogP contribution is 2.22. The number of aromatic carboxylic acids is 1. The molecule has 16 heavy (non-hydrogen) atoms. The molecule has 1 atom stereocenters. The van der Waals surface area contributed by atoms with Crippen molar-refractivity contribution in [1.82, 2.24) is 0 Å². The summed E-state index contributed by atoms with van der Waals surface area (Å²) in [5.41, 5.74) is 0.251. The van der Waals surface area contributed by atoms with Gasteiger partial charge in [0.15, 0.2) is 0 Å². The predicted molar refractivity (Wildman–Crippen MR) is 66.0 cm³/mol.